The van der Waals surface area contributed by atoms with Gasteiger partial charge in [0.05, 0.1) is 19.2 Å². The highest BCUT2D eigenvalue weighted by Crippen LogP contribution is 2.34. The van der Waals surface area contributed by atoms with Gasteiger partial charge in [-0.15, -0.1) is 0 Å². The van der Waals surface area contributed by atoms with Gasteiger partial charge in [0, 0.05) is 30.8 Å². The van der Waals surface area contributed by atoms with Crippen LogP contribution in [0, 0.1) is 17.8 Å². The summed E-state index contributed by atoms with van der Waals surface area (Å²) in [5, 5.41) is 15.6. The molecule has 1 aromatic heterocycles. The topological polar surface area (TPSA) is 139 Å². The van der Waals surface area contributed by atoms with E-state index in [1.807, 2.05) is 30.3 Å². The molecule has 3 N–H and O–H groups in total. The van der Waals surface area contributed by atoms with E-state index >= 15 is 0 Å². The Bertz CT molecular complexity index is 1450. The first-order chi connectivity index (χ1) is 22.0. The average molecular weight is 633 g/mol. The number of ether oxygens (including phenoxy) is 3. The number of benzene rings is 1. The van der Waals surface area contributed by atoms with Crippen LogP contribution in [0.2, 0.25) is 0 Å². The third kappa shape index (κ3) is 9.13. The lowest BCUT2D eigenvalue weighted by molar-refractivity contribution is -0.140. The first kappa shape index (κ1) is 33.1. The van der Waals surface area contributed by atoms with E-state index < -0.39 is 35.4 Å². The van der Waals surface area contributed by atoms with E-state index in [0.717, 1.165) is 56.6 Å². The van der Waals surface area contributed by atoms with E-state index in [4.69, 9.17) is 19.2 Å². The molecule has 11 nitrogen and oxygen atoms in total. The number of carbonyl (C=O) groups is 3. The number of nitrogens with zero attached hydrogens (tertiary/aromatic N) is 2. The number of pyridine rings is 1. The van der Waals surface area contributed by atoms with E-state index in [1.54, 1.807) is 20.8 Å². The molecular formula is C35H44N4O7. The number of hydrogen-bond acceptors (Lipinski definition) is 8. The van der Waals surface area contributed by atoms with Gasteiger partial charge in [-0.2, -0.15) is 0 Å². The van der Waals surface area contributed by atoms with Crippen LogP contribution < -0.4 is 10.6 Å². The highest BCUT2D eigenvalue weighted by Gasteiger charge is 2.49. The van der Waals surface area contributed by atoms with Crippen LogP contribution >= 0.6 is 0 Å². The zero-order chi connectivity index (χ0) is 32.7. The minimum absolute atomic E-state index is 0.00170. The second-order valence-electron chi connectivity index (χ2n) is 13.4. The van der Waals surface area contributed by atoms with E-state index in [1.165, 1.54) is 10.5 Å². The van der Waals surface area contributed by atoms with E-state index in [-0.39, 0.29) is 32.2 Å². The summed E-state index contributed by atoms with van der Waals surface area (Å²) in [6.07, 6.45) is 4.73. The second kappa shape index (κ2) is 14.4. The molecule has 11 heteroatoms. The number of hydrogen-bond donors (Lipinski definition) is 3. The quantitative estimate of drug-likeness (QED) is 0.316. The summed E-state index contributed by atoms with van der Waals surface area (Å²) in [5.41, 5.74) is 1.12. The molecule has 1 aromatic carbocycles. The van der Waals surface area contributed by atoms with Crippen LogP contribution in [0.3, 0.4) is 0 Å². The van der Waals surface area contributed by atoms with Gasteiger partial charge in [0.2, 0.25) is 5.60 Å². The number of aryl methyl sites for hydroxylation is 2. The number of fused-ring (bicyclic) bond motifs is 1. The third-order valence-corrected chi connectivity index (χ3v) is 8.34. The van der Waals surface area contributed by atoms with Gasteiger partial charge in [0.1, 0.15) is 17.5 Å². The van der Waals surface area contributed by atoms with Crippen molar-refractivity contribution in [2.45, 2.75) is 89.1 Å². The number of nitrogens with one attached hydrogen (secondary N) is 2. The van der Waals surface area contributed by atoms with Crippen molar-refractivity contribution >= 4 is 24.0 Å². The van der Waals surface area contributed by atoms with E-state index in [2.05, 4.69) is 34.6 Å². The van der Waals surface area contributed by atoms with Gasteiger partial charge in [0.25, 0.3) is 0 Å². The van der Waals surface area contributed by atoms with E-state index in [9.17, 15) is 19.5 Å². The Hall–Kier alpha value is -4.30. The summed E-state index contributed by atoms with van der Waals surface area (Å²) in [5.74, 6) is 6.36. The van der Waals surface area contributed by atoms with Crippen LogP contribution in [0.4, 0.5) is 15.4 Å². The van der Waals surface area contributed by atoms with Gasteiger partial charge >= 0.3 is 18.2 Å². The summed E-state index contributed by atoms with van der Waals surface area (Å²) in [6.45, 7) is 6.46. The number of anilines is 1. The van der Waals surface area contributed by atoms with Gasteiger partial charge in [-0.1, -0.05) is 30.2 Å². The second-order valence-corrected chi connectivity index (χ2v) is 13.4. The maximum atomic E-state index is 12.9. The minimum atomic E-state index is -1.30. The predicted molar refractivity (Wildman–Crippen MR) is 171 cm³/mol. The normalized spacial score (nSPS) is 20.3. The summed E-state index contributed by atoms with van der Waals surface area (Å²) >= 11 is 0. The van der Waals surface area contributed by atoms with Gasteiger partial charge in [0.15, 0.2) is 0 Å². The molecule has 5 rings (SSSR count). The van der Waals surface area contributed by atoms with Crippen molar-refractivity contribution in [3.63, 3.8) is 0 Å². The Morgan fingerprint density at radius 1 is 1.15 bits per heavy atom. The molecule has 2 fully saturated rings. The number of carboxylic acids is 1. The number of amides is 2. The molecule has 2 amide bonds. The van der Waals surface area contributed by atoms with Crippen LogP contribution in [0.1, 0.15) is 69.7 Å². The van der Waals surface area contributed by atoms with Crippen molar-refractivity contribution in [3.05, 3.63) is 59.3 Å². The van der Waals surface area contributed by atoms with Crippen molar-refractivity contribution in [2.75, 3.05) is 31.6 Å². The molecule has 0 bridgehead atoms. The molecule has 1 unspecified atom stereocenters. The lowest BCUT2D eigenvalue weighted by Crippen LogP contribution is -2.66. The number of alkyl carbamates (subject to hydrolysis) is 1. The number of aliphatic carboxylic acids is 1. The maximum Gasteiger partial charge on any atom is 0.410 e. The highest BCUT2D eigenvalue weighted by molar-refractivity contribution is 5.80. The van der Waals surface area contributed by atoms with Crippen LogP contribution in [0.15, 0.2) is 42.5 Å². The average Bonchev–Trinajstić information content (AvgIpc) is 2.97. The van der Waals surface area contributed by atoms with Crippen molar-refractivity contribution < 1.29 is 33.7 Å². The molecule has 0 spiro atoms. The fraction of sp³-hybridized carbons (Fsp3) is 0.543. The molecule has 0 radical (unpaired) electrons. The Kier molecular flexibility index (Phi) is 10.4. The summed E-state index contributed by atoms with van der Waals surface area (Å²) < 4.78 is 17.0. The highest BCUT2D eigenvalue weighted by atomic mass is 16.6. The first-order valence-corrected chi connectivity index (χ1v) is 16.1. The van der Waals surface area contributed by atoms with Gasteiger partial charge in [-0.25, -0.2) is 19.4 Å². The monoisotopic (exact) mass is 632 g/mol. The Morgan fingerprint density at radius 3 is 2.63 bits per heavy atom. The third-order valence-electron chi connectivity index (χ3n) is 8.34. The molecule has 2 aromatic rings. The molecular weight excluding hydrogens is 588 g/mol. The Morgan fingerprint density at radius 2 is 1.91 bits per heavy atom. The molecule has 246 valence electrons. The summed E-state index contributed by atoms with van der Waals surface area (Å²) in [4.78, 5) is 43.6. The zero-order valence-electron chi connectivity index (χ0n) is 26.8. The largest absolute Gasteiger partial charge is 0.480 e. The smallest absolute Gasteiger partial charge is 0.410 e. The van der Waals surface area contributed by atoms with Crippen LogP contribution in [0.25, 0.3) is 0 Å². The fourth-order valence-corrected chi connectivity index (χ4v) is 5.77. The number of rotatable bonds is 10. The lowest BCUT2D eigenvalue weighted by Gasteiger charge is -2.45. The van der Waals surface area contributed by atoms with Crippen molar-refractivity contribution in [1.29, 1.82) is 0 Å². The molecule has 3 aliphatic rings. The van der Waals surface area contributed by atoms with Crippen LogP contribution in [-0.2, 0) is 31.8 Å². The molecule has 46 heavy (non-hydrogen) atoms. The van der Waals surface area contributed by atoms with Crippen molar-refractivity contribution in [2.24, 2.45) is 5.92 Å². The lowest BCUT2D eigenvalue weighted by atomic mass is 9.79. The SMILES string of the molecule is CC(C)(C)OC(=O)N1CC(C#Cc2ccccc2)(OC(=O)NC(CCO[C@H]2C[C@H](CCc3ccc4c(n3)NCCC4)C2)C(=O)O)C1. The zero-order valence-corrected chi connectivity index (χ0v) is 26.8. The Balaban J connectivity index is 1.06. The van der Waals surface area contributed by atoms with Crippen molar-refractivity contribution in [1.82, 2.24) is 15.2 Å². The summed E-state index contributed by atoms with van der Waals surface area (Å²) in [6, 6.07) is 12.3. The van der Waals surface area contributed by atoms with Crippen molar-refractivity contribution in [3.8, 4) is 11.8 Å². The molecule has 1 aliphatic carbocycles. The molecule has 1 atom stereocenters. The number of likely N-dealkylation sites (tertiary alicyclic amines) is 1. The summed E-state index contributed by atoms with van der Waals surface area (Å²) in [7, 11) is 0. The minimum Gasteiger partial charge on any atom is -0.480 e. The molecule has 3 heterocycles. The first-order valence-electron chi connectivity index (χ1n) is 16.1. The van der Waals surface area contributed by atoms with Gasteiger partial charge in [-0.05, 0) is 94.9 Å². The Labute approximate surface area is 270 Å². The number of carboxylic acid groups (broad SMARTS) is 1. The standard InChI is InChI=1S/C35H44N4O7/c1-34(2,3)46-33(43)39-22-35(23-39,17-15-24-8-5-4-6-9-24)45-32(42)38-29(31(40)41)16-19-44-28-20-25(21-28)11-13-27-14-12-26-10-7-18-36-30(26)37-27/h4-6,8-9,12,14,25,28-29H,7,10-11,13,16,18-23H2,1-3H3,(H,36,37)(H,38,42)(H,40,41)/t25-,28-,29?. The van der Waals surface area contributed by atoms with Crippen LogP contribution in [-0.4, -0.2) is 82.7 Å². The van der Waals surface area contributed by atoms with E-state index in [0.29, 0.717) is 11.5 Å². The number of carbonyl (C=O) groups excluding carboxylic acids is 2. The van der Waals surface area contributed by atoms with Gasteiger partial charge in [-0.3, -0.25) is 4.90 Å². The number of aromatic nitrogens is 1. The predicted octanol–water partition coefficient (Wildman–Crippen LogP) is 4.78. The van der Waals surface area contributed by atoms with Gasteiger partial charge < -0.3 is 30.0 Å². The maximum absolute atomic E-state index is 12.9. The molecule has 1 saturated heterocycles. The van der Waals surface area contributed by atoms with Crippen LogP contribution in [0.5, 0.6) is 0 Å². The molecule has 1 saturated carbocycles. The molecule has 2 aliphatic heterocycles. The fourth-order valence-electron chi connectivity index (χ4n) is 5.77.